The first kappa shape index (κ1) is 16.1. The van der Waals surface area contributed by atoms with E-state index in [2.05, 4.69) is 20.3 Å². The molecule has 0 bridgehead atoms. The lowest BCUT2D eigenvalue weighted by molar-refractivity contribution is -0.115. The number of hydrogen-bond acceptors (Lipinski definition) is 3. The minimum absolute atomic E-state index is 0.162. The first-order valence-electron chi connectivity index (χ1n) is 8.37. The molecule has 26 heavy (non-hydrogen) atoms. The number of rotatable bonds is 3. The van der Waals surface area contributed by atoms with Gasteiger partial charge in [-0.15, -0.1) is 0 Å². The molecule has 0 atom stereocenters. The van der Waals surface area contributed by atoms with Gasteiger partial charge < -0.3 is 19.7 Å². The van der Waals surface area contributed by atoms with Crippen molar-refractivity contribution in [2.24, 2.45) is 0 Å². The summed E-state index contributed by atoms with van der Waals surface area (Å²) in [6, 6.07) is 5.82. The fourth-order valence-corrected chi connectivity index (χ4v) is 3.25. The van der Waals surface area contributed by atoms with Crippen molar-refractivity contribution >= 4 is 28.3 Å². The molecule has 0 aliphatic heterocycles. The van der Waals surface area contributed by atoms with E-state index in [9.17, 15) is 9.59 Å². The van der Waals surface area contributed by atoms with Crippen molar-refractivity contribution < 1.29 is 4.79 Å². The smallest absolute Gasteiger partial charge is 0.323 e. The molecule has 0 unspecified atom stereocenters. The predicted molar refractivity (Wildman–Crippen MR) is 101 cm³/mol. The molecule has 3 heterocycles. The third kappa shape index (κ3) is 2.57. The second-order valence-electron chi connectivity index (χ2n) is 6.55. The van der Waals surface area contributed by atoms with Crippen molar-refractivity contribution in [3.63, 3.8) is 0 Å². The summed E-state index contributed by atoms with van der Waals surface area (Å²) in [6.07, 6.45) is 3.81. The average Bonchev–Trinajstić information content (AvgIpc) is 3.16. The SMILES string of the molecule is Cc1cc2[nH]c(=O)[nH]c2c(NC(=O)Cc2cnc3c(C)cccn23)c1C. The van der Waals surface area contributed by atoms with Crippen LogP contribution in [0.15, 0.2) is 35.4 Å². The van der Waals surface area contributed by atoms with Gasteiger partial charge in [0.1, 0.15) is 5.65 Å². The number of aromatic nitrogens is 4. The van der Waals surface area contributed by atoms with Crippen LogP contribution in [0.2, 0.25) is 0 Å². The normalized spacial score (nSPS) is 11.3. The Hall–Kier alpha value is -3.35. The van der Waals surface area contributed by atoms with Gasteiger partial charge in [-0.1, -0.05) is 6.07 Å². The number of nitrogens with zero attached hydrogens (tertiary/aromatic N) is 2. The molecular weight excluding hydrogens is 330 g/mol. The van der Waals surface area contributed by atoms with Crippen molar-refractivity contribution in [3.8, 4) is 0 Å². The number of pyridine rings is 1. The highest BCUT2D eigenvalue weighted by Crippen LogP contribution is 2.27. The molecule has 1 amide bonds. The molecule has 0 saturated heterocycles. The lowest BCUT2D eigenvalue weighted by atomic mass is 10.1. The van der Waals surface area contributed by atoms with Crippen molar-refractivity contribution in [2.45, 2.75) is 27.2 Å². The summed E-state index contributed by atoms with van der Waals surface area (Å²) in [4.78, 5) is 34.2. The summed E-state index contributed by atoms with van der Waals surface area (Å²) < 4.78 is 1.92. The molecule has 7 nitrogen and oxygen atoms in total. The van der Waals surface area contributed by atoms with Crippen molar-refractivity contribution in [1.82, 2.24) is 19.4 Å². The van der Waals surface area contributed by atoms with Crippen LogP contribution >= 0.6 is 0 Å². The van der Waals surface area contributed by atoms with Crippen molar-refractivity contribution in [3.05, 3.63) is 63.5 Å². The van der Waals surface area contributed by atoms with Crippen LogP contribution < -0.4 is 11.0 Å². The number of anilines is 1. The van der Waals surface area contributed by atoms with Crippen LogP contribution in [0.3, 0.4) is 0 Å². The lowest BCUT2D eigenvalue weighted by Crippen LogP contribution is -2.17. The number of nitrogens with one attached hydrogen (secondary N) is 3. The van der Waals surface area contributed by atoms with Crippen LogP contribution in [-0.2, 0) is 11.2 Å². The Morgan fingerprint density at radius 3 is 2.85 bits per heavy atom. The first-order valence-corrected chi connectivity index (χ1v) is 8.37. The van der Waals surface area contributed by atoms with Crippen LogP contribution in [0.1, 0.15) is 22.4 Å². The van der Waals surface area contributed by atoms with E-state index in [4.69, 9.17) is 0 Å². The summed E-state index contributed by atoms with van der Waals surface area (Å²) in [5.41, 5.74) is 6.26. The molecule has 4 aromatic rings. The average molecular weight is 349 g/mol. The van der Waals surface area contributed by atoms with E-state index in [1.54, 1.807) is 6.20 Å². The fourth-order valence-electron chi connectivity index (χ4n) is 3.25. The number of carbonyl (C=O) groups excluding carboxylic acids is 1. The highest BCUT2D eigenvalue weighted by atomic mass is 16.2. The Balaban J connectivity index is 1.68. The number of aromatic amines is 2. The number of imidazole rings is 2. The highest BCUT2D eigenvalue weighted by Gasteiger charge is 2.15. The van der Waals surface area contributed by atoms with E-state index in [1.807, 2.05) is 49.6 Å². The van der Waals surface area contributed by atoms with Gasteiger partial charge in [0.15, 0.2) is 0 Å². The summed E-state index contributed by atoms with van der Waals surface area (Å²) in [7, 11) is 0. The van der Waals surface area contributed by atoms with Gasteiger partial charge in [-0.2, -0.15) is 0 Å². The molecule has 0 saturated carbocycles. The molecule has 0 spiro atoms. The van der Waals surface area contributed by atoms with E-state index in [0.717, 1.165) is 28.0 Å². The minimum atomic E-state index is -0.294. The van der Waals surface area contributed by atoms with E-state index in [-0.39, 0.29) is 18.0 Å². The monoisotopic (exact) mass is 349 g/mol. The summed E-state index contributed by atoms with van der Waals surface area (Å²) >= 11 is 0. The zero-order chi connectivity index (χ0) is 18.4. The van der Waals surface area contributed by atoms with Crippen molar-refractivity contribution in [2.75, 3.05) is 5.32 Å². The Morgan fingerprint density at radius 2 is 2.04 bits per heavy atom. The first-order chi connectivity index (χ1) is 12.4. The van der Waals surface area contributed by atoms with Crippen LogP contribution in [-0.4, -0.2) is 25.3 Å². The van der Waals surface area contributed by atoms with Gasteiger partial charge in [-0.05, 0) is 49.6 Å². The number of hydrogen-bond donors (Lipinski definition) is 3. The van der Waals surface area contributed by atoms with Gasteiger partial charge in [0, 0.05) is 12.4 Å². The predicted octanol–water partition coefficient (Wildman–Crippen LogP) is 2.61. The van der Waals surface area contributed by atoms with E-state index < -0.39 is 0 Å². The maximum Gasteiger partial charge on any atom is 0.323 e. The van der Waals surface area contributed by atoms with E-state index in [0.29, 0.717) is 16.7 Å². The molecular formula is C19H19N5O2. The van der Waals surface area contributed by atoms with E-state index in [1.165, 1.54) is 0 Å². The van der Waals surface area contributed by atoms with Crippen LogP contribution in [0.5, 0.6) is 0 Å². The lowest BCUT2D eigenvalue weighted by Gasteiger charge is -2.12. The fraction of sp³-hybridized carbons (Fsp3) is 0.211. The summed E-state index contributed by atoms with van der Waals surface area (Å²) in [5.74, 6) is -0.162. The quantitative estimate of drug-likeness (QED) is 0.530. The molecule has 0 fully saturated rings. The summed E-state index contributed by atoms with van der Waals surface area (Å²) in [6.45, 7) is 5.86. The Labute approximate surface area is 149 Å². The Kier molecular flexibility index (Phi) is 3.64. The van der Waals surface area contributed by atoms with Crippen LogP contribution in [0.4, 0.5) is 5.69 Å². The van der Waals surface area contributed by atoms with Gasteiger partial charge >= 0.3 is 5.69 Å². The molecule has 3 aromatic heterocycles. The zero-order valence-electron chi connectivity index (χ0n) is 14.8. The molecule has 0 radical (unpaired) electrons. The maximum atomic E-state index is 12.7. The number of amides is 1. The maximum absolute atomic E-state index is 12.7. The third-order valence-corrected chi connectivity index (χ3v) is 4.75. The second-order valence-corrected chi connectivity index (χ2v) is 6.55. The molecule has 0 aliphatic rings. The number of fused-ring (bicyclic) bond motifs is 2. The van der Waals surface area contributed by atoms with Gasteiger partial charge in [-0.25, -0.2) is 9.78 Å². The van der Waals surface area contributed by atoms with Crippen molar-refractivity contribution in [1.29, 1.82) is 0 Å². The van der Waals surface area contributed by atoms with Gasteiger partial charge in [0.05, 0.1) is 28.8 Å². The molecule has 7 heteroatoms. The number of carbonyl (C=O) groups is 1. The van der Waals surface area contributed by atoms with Gasteiger partial charge in [0.25, 0.3) is 0 Å². The van der Waals surface area contributed by atoms with Gasteiger partial charge in [-0.3, -0.25) is 4.79 Å². The highest BCUT2D eigenvalue weighted by molar-refractivity contribution is 6.01. The zero-order valence-corrected chi connectivity index (χ0v) is 14.8. The third-order valence-electron chi connectivity index (χ3n) is 4.75. The van der Waals surface area contributed by atoms with Gasteiger partial charge in [0.2, 0.25) is 5.91 Å². The largest absolute Gasteiger partial charge is 0.324 e. The van der Waals surface area contributed by atoms with Crippen LogP contribution in [0, 0.1) is 20.8 Å². The number of aryl methyl sites for hydroxylation is 2. The number of H-pyrrole nitrogens is 2. The second kappa shape index (κ2) is 5.87. The molecule has 1 aromatic carbocycles. The standard InChI is InChI=1S/C19H19N5O2/c1-10-5-4-6-24-13(9-20-18(10)24)8-15(25)22-16-12(3)11(2)7-14-17(16)23-19(26)21-14/h4-7,9H,8H2,1-3H3,(H,22,25)(H2,21,23,26). The Bertz CT molecular complexity index is 1210. The molecule has 3 N–H and O–H groups in total. The minimum Gasteiger partial charge on any atom is -0.324 e. The number of benzene rings is 1. The van der Waals surface area contributed by atoms with Crippen LogP contribution in [0.25, 0.3) is 16.7 Å². The molecule has 132 valence electrons. The topological polar surface area (TPSA) is 95.0 Å². The van der Waals surface area contributed by atoms with E-state index >= 15 is 0 Å². The summed E-state index contributed by atoms with van der Waals surface area (Å²) in [5, 5.41) is 2.95. The molecule has 4 rings (SSSR count). The molecule has 0 aliphatic carbocycles. The Morgan fingerprint density at radius 1 is 1.23 bits per heavy atom.